The number of amides is 1. The lowest BCUT2D eigenvalue weighted by molar-refractivity contribution is -0.115. The number of thioether (sulfide) groups is 1. The fraction of sp³-hybridized carbons (Fsp3) is 0.273. The molecule has 1 amide bonds. The fourth-order valence-corrected chi connectivity index (χ4v) is 5.33. The summed E-state index contributed by atoms with van der Waals surface area (Å²) >= 11 is 1.39. The van der Waals surface area contributed by atoms with E-state index in [1.54, 1.807) is 6.92 Å². The summed E-state index contributed by atoms with van der Waals surface area (Å²) in [5.41, 5.74) is 3.22. The van der Waals surface area contributed by atoms with E-state index in [0.717, 1.165) is 30.5 Å². The summed E-state index contributed by atoms with van der Waals surface area (Å²) < 4.78 is 32.1. The largest absolute Gasteiger partial charge is 0.360 e. The predicted octanol–water partition coefficient (Wildman–Crippen LogP) is 3.66. The number of hydrogen-bond acceptors (Lipinski definition) is 8. The van der Waals surface area contributed by atoms with Gasteiger partial charge in [-0.2, -0.15) is 5.26 Å². The van der Waals surface area contributed by atoms with Gasteiger partial charge in [0.1, 0.15) is 16.9 Å². The smallest absolute Gasteiger partial charge is 0.263 e. The quantitative estimate of drug-likeness (QED) is 0.463. The average Bonchev–Trinajstić information content (AvgIpc) is 3.41. The molecule has 11 heteroatoms. The van der Waals surface area contributed by atoms with Gasteiger partial charge in [-0.3, -0.25) is 9.52 Å². The zero-order chi connectivity index (χ0) is 23.4. The van der Waals surface area contributed by atoms with Crippen LogP contribution in [0.5, 0.6) is 0 Å². The van der Waals surface area contributed by atoms with E-state index in [0.29, 0.717) is 27.8 Å². The molecule has 0 saturated heterocycles. The maximum atomic E-state index is 12.4. The molecule has 0 atom stereocenters. The molecule has 9 nitrogen and oxygen atoms in total. The molecule has 33 heavy (non-hydrogen) atoms. The van der Waals surface area contributed by atoms with Crippen molar-refractivity contribution in [2.45, 2.75) is 42.5 Å². The normalized spacial score (nSPS) is 12.7. The van der Waals surface area contributed by atoms with Crippen molar-refractivity contribution < 1.29 is 17.7 Å². The molecule has 2 heterocycles. The number of benzene rings is 1. The Morgan fingerprint density at radius 2 is 2.03 bits per heavy atom. The van der Waals surface area contributed by atoms with Gasteiger partial charge in [0.15, 0.2) is 5.82 Å². The van der Waals surface area contributed by atoms with Crippen molar-refractivity contribution in [3.8, 4) is 6.07 Å². The highest BCUT2D eigenvalue weighted by Crippen LogP contribution is 2.28. The number of hydrogen-bond donors (Lipinski definition) is 2. The highest BCUT2D eigenvalue weighted by Gasteiger charge is 2.18. The van der Waals surface area contributed by atoms with E-state index < -0.39 is 10.0 Å². The number of sulfonamides is 1. The van der Waals surface area contributed by atoms with Crippen LogP contribution < -0.4 is 10.0 Å². The molecular weight excluding hydrogens is 462 g/mol. The summed E-state index contributed by atoms with van der Waals surface area (Å²) in [5.74, 6) is 0.841. The van der Waals surface area contributed by atoms with Gasteiger partial charge in [-0.25, -0.2) is 13.4 Å². The lowest BCUT2D eigenvalue weighted by Gasteiger charge is -2.09. The van der Waals surface area contributed by atoms with Crippen LogP contribution in [0.3, 0.4) is 0 Å². The number of anilines is 2. The molecule has 0 radical (unpaired) electrons. The van der Waals surface area contributed by atoms with Gasteiger partial charge in [0.05, 0.1) is 10.5 Å². The fourth-order valence-electron chi connectivity index (χ4n) is 3.44. The van der Waals surface area contributed by atoms with Gasteiger partial charge < -0.3 is 9.84 Å². The van der Waals surface area contributed by atoms with Crippen LogP contribution in [0.15, 0.2) is 50.8 Å². The molecule has 0 fully saturated rings. The number of carbonyl (C=O) groups excluding carboxylic acids is 1. The number of nitrogens with zero attached hydrogens (tertiary/aromatic N) is 3. The molecule has 0 spiro atoms. The number of carbonyl (C=O) groups is 1. The molecule has 170 valence electrons. The van der Waals surface area contributed by atoms with E-state index in [2.05, 4.69) is 26.2 Å². The van der Waals surface area contributed by atoms with E-state index >= 15 is 0 Å². The van der Waals surface area contributed by atoms with Gasteiger partial charge in [-0.05, 0) is 62.1 Å². The summed E-state index contributed by atoms with van der Waals surface area (Å²) in [7, 11) is -3.82. The molecule has 1 aliphatic rings. The second-order valence-corrected chi connectivity index (χ2v) is 10.3. The van der Waals surface area contributed by atoms with Crippen LogP contribution in [0.1, 0.15) is 35.4 Å². The Morgan fingerprint density at radius 3 is 2.73 bits per heavy atom. The SMILES string of the molecule is Cc1cc(NS(=O)(=O)c2ccc(NC(=O)CCSc3nc4c(cc3C#N)CCC4)cc2)no1. The Kier molecular flexibility index (Phi) is 6.67. The first kappa shape index (κ1) is 22.8. The lowest BCUT2D eigenvalue weighted by Crippen LogP contribution is -2.14. The van der Waals surface area contributed by atoms with Gasteiger partial charge in [0.25, 0.3) is 10.0 Å². The van der Waals surface area contributed by atoms with Crippen LogP contribution in [0.4, 0.5) is 11.5 Å². The third kappa shape index (κ3) is 5.53. The van der Waals surface area contributed by atoms with Crippen LogP contribution in [0.2, 0.25) is 0 Å². The van der Waals surface area contributed by atoms with Gasteiger partial charge >= 0.3 is 0 Å². The number of aryl methyl sites for hydroxylation is 3. The van der Waals surface area contributed by atoms with Gasteiger partial charge in [0, 0.05) is 29.6 Å². The van der Waals surface area contributed by atoms with Crippen molar-refractivity contribution in [1.82, 2.24) is 10.1 Å². The van der Waals surface area contributed by atoms with Crippen molar-refractivity contribution >= 4 is 39.2 Å². The van der Waals surface area contributed by atoms with Crippen molar-refractivity contribution in [1.29, 1.82) is 5.26 Å². The van der Waals surface area contributed by atoms with Crippen molar-refractivity contribution in [2.24, 2.45) is 0 Å². The topological polar surface area (TPSA) is 138 Å². The van der Waals surface area contributed by atoms with Gasteiger partial charge in [-0.1, -0.05) is 5.16 Å². The first-order valence-corrected chi connectivity index (χ1v) is 12.7. The van der Waals surface area contributed by atoms with Crippen molar-refractivity contribution in [3.63, 3.8) is 0 Å². The zero-order valence-corrected chi connectivity index (χ0v) is 19.4. The highest BCUT2D eigenvalue weighted by atomic mass is 32.2. The second-order valence-electron chi connectivity index (χ2n) is 7.51. The summed E-state index contributed by atoms with van der Waals surface area (Å²) in [6.45, 7) is 1.66. The predicted molar refractivity (Wildman–Crippen MR) is 123 cm³/mol. The summed E-state index contributed by atoms with van der Waals surface area (Å²) in [5, 5.41) is 16.4. The van der Waals surface area contributed by atoms with Crippen LogP contribution in [-0.2, 0) is 27.7 Å². The second kappa shape index (κ2) is 9.64. The standard InChI is InChI=1S/C22H21N5O4S2/c1-14-11-20(26-31-14)27-33(29,30)18-7-5-17(6-8-18)24-21(28)9-10-32-22-16(13-23)12-15-3-2-4-19(15)25-22/h5-8,11-12H,2-4,9-10H2,1H3,(H,24,28)(H,26,27). The molecule has 3 aromatic rings. The molecule has 1 aliphatic carbocycles. The number of nitrogens with one attached hydrogen (secondary N) is 2. The third-order valence-electron chi connectivity index (χ3n) is 5.02. The first-order chi connectivity index (χ1) is 15.8. The summed E-state index contributed by atoms with van der Waals surface area (Å²) in [6, 6.07) is 11.4. The van der Waals surface area contributed by atoms with E-state index in [9.17, 15) is 18.5 Å². The minimum atomic E-state index is -3.82. The Labute approximate surface area is 195 Å². The van der Waals surface area contributed by atoms with Crippen LogP contribution >= 0.6 is 11.8 Å². The van der Waals surface area contributed by atoms with Crippen LogP contribution in [0, 0.1) is 18.3 Å². The average molecular weight is 484 g/mol. The number of fused-ring (bicyclic) bond motifs is 1. The Balaban J connectivity index is 1.31. The summed E-state index contributed by atoms with van der Waals surface area (Å²) in [6.07, 6.45) is 3.16. The van der Waals surface area contributed by atoms with E-state index in [-0.39, 0.29) is 23.0 Å². The summed E-state index contributed by atoms with van der Waals surface area (Å²) in [4.78, 5) is 16.9. The Hall–Kier alpha value is -3.36. The van der Waals surface area contributed by atoms with Crippen LogP contribution in [-0.4, -0.2) is 30.2 Å². The van der Waals surface area contributed by atoms with Crippen LogP contribution in [0.25, 0.3) is 0 Å². The van der Waals surface area contributed by atoms with Crippen molar-refractivity contribution in [2.75, 3.05) is 15.8 Å². The zero-order valence-electron chi connectivity index (χ0n) is 17.8. The third-order valence-corrected chi connectivity index (χ3v) is 7.38. The Bertz CT molecular complexity index is 1330. The monoisotopic (exact) mass is 483 g/mol. The number of rotatable bonds is 8. The molecule has 2 aromatic heterocycles. The molecular formula is C22H21N5O4S2. The number of nitriles is 1. The first-order valence-electron chi connectivity index (χ1n) is 10.3. The molecule has 0 saturated carbocycles. The molecule has 1 aromatic carbocycles. The maximum Gasteiger partial charge on any atom is 0.263 e. The number of pyridine rings is 1. The molecule has 0 unspecified atom stereocenters. The number of aromatic nitrogens is 2. The minimum Gasteiger partial charge on any atom is -0.360 e. The van der Waals surface area contributed by atoms with E-state index in [4.69, 9.17) is 4.52 Å². The molecule has 2 N–H and O–H groups in total. The van der Waals surface area contributed by atoms with Gasteiger partial charge in [-0.15, -0.1) is 11.8 Å². The molecule has 4 rings (SSSR count). The van der Waals surface area contributed by atoms with Crippen molar-refractivity contribution in [3.05, 3.63) is 59.0 Å². The highest BCUT2D eigenvalue weighted by molar-refractivity contribution is 7.99. The molecule has 0 aliphatic heterocycles. The van der Waals surface area contributed by atoms with E-state index in [1.807, 2.05) is 6.07 Å². The Morgan fingerprint density at radius 1 is 1.24 bits per heavy atom. The molecule has 0 bridgehead atoms. The van der Waals surface area contributed by atoms with Gasteiger partial charge in [0.2, 0.25) is 5.91 Å². The maximum absolute atomic E-state index is 12.4. The minimum absolute atomic E-state index is 0.0309. The van der Waals surface area contributed by atoms with E-state index in [1.165, 1.54) is 42.1 Å². The lowest BCUT2D eigenvalue weighted by atomic mass is 10.2.